The average molecular weight is 255 g/mol. The van der Waals surface area contributed by atoms with Gasteiger partial charge in [0.15, 0.2) is 0 Å². The molecule has 2 N–H and O–H groups in total. The van der Waals surface area contributed by atoms with Crippen LogP contribution in [-0.4, -0.2) is 35.9 Å². The molecule has 2 fully saturated rings. The number of aliphatic hydroxyl groups is 1. The quantitative estimate of drug-likeness (QED) is 0.804. The van der Waals surface area contributed by atoms with Gasteiger partial charge in [-0.1, -0.05) is 19.3 Å². The molecule has 1 saturated carbocycles. The predicted octanol–water partition coefficient (Wildman–Crippen LogP) is 1.76. The standard InChI is InChI=1S/C14H25NO3/c16-13(10-12-6-2-5-9-18-12)15-11-14(17)7-3-1-4-8-14/h12,17H,1-11H2,(H,15,16). The summed E-state index contributed by atoms with van der Waals surface area (Å²) in [4.78, 5) is 11.8. The molecule has 0 spiro atoms. The van der Waals surface area contributed by atoms with E-state index in [1.807, 2.05) is 0 Å². The van der Waals surface area contributed by atoms with E-state index < -0.39 is 5.60 Å². The summed E-state index contributed by atoms with van der Waals surface area (Å²) in [6, 6.07) is 0. The van der Waals surface area contributed by atoms with E-state index in [0.29, 0.717) is 13.0 Å². The van der Waals surface area contributed by atoms with Gasteiger partial charge in [-0.15, -0.1) is 0 Å². The topological polar surface area (TPSA) is 58.6 Å². The number of amides is 1. The maximum atomic E-state index is 11.8. The van der Waals surface area contributed by atoms with Crippen molar-refractivity contribution in [2.24, 2.45) is 0 Å². The van der Waals surface area contributed by atoms with Crippen molar-refractivity contribution in [3.63, 3.8) is 0 Å². The number of nitrogens with one attached hydrogen (secondary N) is 1. The molecule has 0 aromatic heterocycles. The Bertz CT molecular complexity index is 268. The highest BCUT2D eigenvalue weighted by Gasteiger charge is 2.29. The highest BCUT2D eigenvalue weighted by molar-refractivity contribution is 5.76. The average Bonchev–Trinajstić information content (AvgIpc) is 2.39. The van der Waals surface area contributed by atoms with E-state index in [0.717, 1.165) is 51.6 Å². The van der Waals surface area contributed by atoms with Gasteiger partial charge < -0.3 is 15.2 Å². The van der Waals surface area contributed by atoms with Crippen LogP contribution in [0, 0.1) is 0 Å². The molecule has 1 aliphatic carbocycles. The van der Waals surface area contributed by atoms with Crippen molar-refractivity contribution in [3.05, 3.63) is 0 Å². The second-order valence-electron chi connectivity index (χ2n) is 5.75. The number of rotatable bonds is 4. The Morgan fingerprint density at radius 1 is 1.22 bits per heavy atom. The molecule has 0 aromatic carbocycles. The fourth-order valence-electron chi connectivity index (χ4n) is 2.90. The molecule has 0 bridgehead atoms. The van der Waals surface area contributed by atoms with Crippen LogP contribution in [0.5, 0.6) is 0 Å². The molecule has 1 amide bonds. The first-order chi connectivity index (χ1) is 8.68. The third-order valence-electron chi connectivity index (χ3n) is 4.09. The summed E-state index contributed by atoms with van der Waals surface area (Å²) in [6.07, 6.45) is 8.73. The van der Waals surface area contributed by atoms with Crippen LogP contribution in [0.25, 0.3) is 0 Å². The highest BCUT2D eigenvalue weighted by Crippen LogP contribution is 2.27. The van der Waals surface area contributed by atoms with Gasteiger partial charge in [0.2, 0.25) is 5.91 Å². The molecule has 1 saturated heterocycles. The van der Waals surface area contributed by atoms with Crippen LogP contribution < -0.4 is 5.32 Å². The number of carbonyl (C=O) groups is 1. The van der Waals surface area contributed by atoms with Crippen molar-refractivity contribution in [3.8, 4) is 0 Å². The van der Waals surface area contributed by atoms with Crippen LogP contribution in [0.15, 0.2) is 0 Å². The van der Waals surface area contributed by atoms with Crippen LogP contribution in [0.3, 0.4) is 0 Å². The van der Waals surface area contributed by atoms with Gasteiger partial charge in [-0.3, -0.25) is 4.79 Å². The molecule has 18 heavy (non-hydrogen) atoms. The lowest BCUT2D eigenvalue weighted by atomic mass is 9.85. The summed E-state index contributed by atoms with van der Waals surface area (Å²) >= 11 is 0. The number of hydrogen-bond acceptors (Lipinski definition) is 3. The summed E-state index contributed by atoms with van der Waals surface area (Å²) in [6.45, 7) is 1.18. The Morgan fingerprint density at radius 2 is 2.00 bits per heavy atom. The van der Waals surface area contributed by atoms with Crippen LogP contribution in [0.4, 0.5) is 0 Å². The minimum atomic E-state index is -0.665. The number of carbonyl (C=O) groups excluding carboxylic acids is 1. The molecule has 1 unspecified atom stereocenters. The Balaban J connectivity index is 1.67. The first-order valence-corrected chi connectivity index (χ1v) is 7.29. The normalized spacial score (nSPS) is 27.7. The third kappa shape index (κ3) is 4.25. The molecule has 1 heterocycles. The van der Waals surface area contributed by atoms with Crippen molar-refractivity contribution in [1.82, 2.24) is 5.32 Å². The lowest BCUT2D eigenvalue weighted by Gasteiger charge is -2.32. The van der Waals surface area contributed by atoms with Gasteiger partial charge >= 0.3 is 0 Å². The lowest BCUT2D eigenvalue weighted by Crippen LogP contribution is -2.45. The Kier molecular flexibility index (Phi) is 5.01. The summed E-state index contributed by atoms with van der Waals surface area (Å²) in [7, 11) is 0. The molecule has 2 aliphatic rings. The van der Waals surface area contributed by atoms with E-state index in [1.165, 1.54) is 6.42 Å². The molecular weight excluding hydrogens is 230 g/mol. The van der Waals surface area contributed by atoms with Gasteiger partial charge in [0, 0.05) is 13.2 Å². The van der Waals surface area contributed by atoms with Gasteiger partial charge in [-0.25, -0.2) is 0 Å². The van der Waals surface area contributed by atoms with E-state index >= 15 is 0 Å². The minimum Gasteiger partial charge on any atom is -0.388 e. The maximum Gasteiger partial charge on any atom is 0.222 e. The van der Waals surface area contributed by atoms with Gasteiger partial charge in [0.1, 0.15) is 0 Å². The molecule has 4 heteroatoms. The highest BCUT2D eigenvalue weighted by atomic mass is 16.5. The third-order valence-corrected chi connectivity index (χ3v) is 4.09. The molecule has 1 atom stereocenters. The first kappa shape index (κ1) is 13.8. The monoisotopic (exact) mass is 255 g/mol. The van der Waals surface area contributed by atoms with Crippen LogP contribution in [0.1, 0.15) is 57.8 Å². The van der Waals surface area contributed by atoms with E-state index in [2.05, 4.69) is 5.32 Å². The van der Waals surface area contributed by atoms with Crippen molar-refractivity contribution < 1.29 is 14.6 Å². The van der Waals surface area contributed by atoms with E-state index in [9.17, 15) is 9.90 Å². The molecule has 4 nitrogen and oxygen atoms in total. The predicted molar refractivity (Wildman–Crippen MR) is 69.3 cm³/mol. The molecule has 1 aliphatic heterocycles. The lowest BCUT2D eigenvalue weighted by molar-refractivity contribution is -0.126. The summed E-state index contributed by atoms with van der Waals surface area (Å²) in [5.41, 5.74) is -0.665. The van der Waals surface area contributed by atoms with Gasteiger partial charge in [0.05, 0.1) is 18.1 Å². The second-order valence-corrected chi connectivity index (χ2v) is 5.75. The van der Waals surface area contributed by atoms with Crippen molar-refractivity contribution in [2.45, 2.75) is 69.5 Å². The van der Waals surface area contributed by atoms with Crippen LogP contribution in [0.2, 0.25) is 0 Å². The van der Waals surface area contributed by atoms with Crippen molar-refractivity contribution in [1.29, 1.82) is 0 Å². The number of ether oxygens (including phenoxy) is 1. The zero-order valence-electron chi connectivity index (χ0n) is 11.1. The largest absolute Gasteiger partial charge is 0.388 e. The summed E-state index contributed by atoms with van der Waals surface area (Å²) in [5.74, 6) is 0.0147. The van der Waals surface area contributed by atoms with Crippen LogP contribution >= 0.6 is 0 Å². The molecular formula is C14H25NO3. The van der Waals surface area contributed by atoms with Gasteiger partial charge in [-0.05, 0) is 32.1 Å². The fraction of sp³-hybridized carbons (Fsp3) is 0.929. The van der Waals surface area contributed by atoms with Gasteiger partial charge in [-0.2, -0.15) is 0 Å². The maximum absolute atomic E-state index is 11.8. The minimum absolute atomic E-state index is 0.0147. The van der Waals surface area contributed by atoms with E-state index in [4.69, 9.17) is 4.74 Å². The molecule has 0 aromatic rings. The smallest absolute Gasteiger partial charge is 0.222 e. The van der Waals surface area contributed by atoms with Crippen molar-refractivity contribution in [2.75, 3.05) is 13.2 Å². The summed E-state index contributed by atoms with van der Waals surface area (Å²) < 4.78 is 5.54. The van der Waals surface area contributed by atoms with Crippen molar-refractivity contribution >= 4 is 5.91 Å². The molecule has 104 valence electrons. The Labute approximate surface area is 109 Å². The zero-order valence-corrected chi connectivity index (χ0v) is 11.1. The van der Waals surface area contributed by atoms with Gasteiger partial charge in [0.25, 0.3) is 0 Å². The van der Waals surface area contributed by atoms with Crippen LogP contribution in [-0.2, 0) is 9.53 Å². The van der Waals surface area contributed by atoms with E-state index in [-0.39, 0.29) is 12.0 Å². The SMILES string of the molecule is O=C(CC1CCCCO1)NCC1(O)CCCCC1. The Morgan fingerprint density at radius 3 is 2.67 bits per heavy atom. The summed E-state index contributed by atoms with van der Waals surface area (Å²) in [5, 5.41) is 13.2. The second kappa shape index (κ2) is 6.53. The molecule has 2 rings (SSSR count). The number of hydrogen-bond donors (Lipinski definition) is 2. The fourth-order valence-corrected chi connectivity index (χ4v) is 2.90. The Hall–Kier alpha value is -0.610. The zero-order chi connectivity index (χ0) is 12.8. The van der Waals surface area contributed by atoms with E-state index in [1.54, 1.807) is 0 Å². The first-order valence-electron chi connectivity index (χ1n) is 7.29. The molecule has 0 radical (unpaired) electrons.